The first-order chi connectivity index (χ1) is 10.1. The lowest BCUT2D eigenvalue weighted by Crippen LogP contribution is -2.13. The molecule has 0 aliphatic rings. The molecule has 0 atom stereocenters. The molecule has 0 aliphatic heterocycles. The maximum atomic E-state index is 12.1. The summed E-state index contributed by atoms with van der Waals surface area (Å²) in [6.45, 7) is 0. The second-order valence-corrected chi connectivity index (χ2v) is 4.60. The Kier molecular flexibility index (Phi) is 4.60. The molecule has 1 amide bonds. The van der Waals surface area contributed by atoms with Crippen molar-refractivity contribution in [2.75, 3.05) is 5.32 Å². The van der Waals surface area contributed by atoms with Crippen molar-refractivity contribution in [1.29, 1.82) is 5.26 Å². The topological polar surface area (TPSA) is 73.1 Å². The van der Waals surface area contributed by atoms with Gasteiger partial charge in [0.05, 0.1) is 10.7 Å². The lowest BCUT2D eigenvalue weighted by Gasteiger charge is -2.06. The second kappa shape index (κ2) is 6.60. The Labute approximate surface area is 126 Å². The summed E-state index contributed by atoms with van der Waals surface area (Å²) in [5.41, 5.74) is 1.02. The number of carbonyl (C=O) groups is 1. The summed E-state index contributed by atoms with van der Waals surface area (Å²) in [6, 6.07) is 14.8. The van der Waals surface area contributed by atoms with Gasteiger partial charge in [-0.2, -0.15) is 5.26 Å². The Hall–Kier alpha value is -2.77. The van der Waals surface area contributed by atoms with Gasteiger partial charge in [-0.3, -0.25) is 4.79 Å². The van der Waals surface area contributed by atoms with E-state index >= 15 is 0 Å². The number of nitrogens with one attached hydrogen (secondary N) is 1. The number of anilines is 1. The van der Waals surface area contributed by atoms with E-state index in [2.05, 4.69) is 5.32 Å². The van der Waals surface area contributed by atoms with E-state index in [4.69, 9.17) is 16.9 Å². The number of rotatable bonds is 3. The van der Waals surface area contributed by atoms with Crippen LogP contribution >= 0.6 is 11.6 Å². The normalized spacial score (nSPS) is 10.8. The Morgan fingerprint density at radius 3 is 2.48 bits per heavy atom. The minimum Gasteiger partial charge on any atom is -0.508 e. The molecule has 104 valence electrons. The molecule has 0 fully saturated rings. The molecular formula is C16H11ClN2O2. The van der Waals surface area contributed by atoms with Gasteiger partial charge in [-0.25, -0.2) is 0 Å². The van der Waals surface area contributed by atoms with Crippen LogP contribution in [-0.4, -0.2) is 11.0 Å². The third-order valence-electron chi connectivity index (χ3n) is 2.69. The van der Waals surface area contributed by atoms with E-state index in [1.807, 2.05) is 6.07 Å². The standard InChI is InChI=1S/C16H11ClN2O2/c17-14-3-1-2-4-15(14)19-16(21)12(10-18)9-11-5-7-13(20)8-6-11/h1-9,20H,(H,19,21)/b12-9+. The highest BCUT2D eigenvalue weighted by Gasteiger charge is 2.11. The molecule has 21 heavy (non-hydrogen) atoms. The van der Waals surface area contributed by atoms with Gasteiger partial charge >= 0.3 is 0 Å². The number of phenolic OH excluding ortho intramolecular Hbond substituents is 1. The molecule has 4 nitrogen and oxygen atoms in total. The van der Waals surface area contributed by atoms with Crippen molar-refractivity contribution in [2.24, 2.45) is 0 Å². The number of halogens is 1. The molecule has 0 unspecified atom stereocenters. The van der Waals surface area contributed by atoms with Crippen molar-refractivity contribution in [3.63, 3.8) is 0 Å². The zero-order chi connectivity index (χ0) is 15.2. The largest absolute Gasteiger partial charge is 0.508 e. The van der Waals surface area contributed by atoms with E-state index in [1.165, 1.54) is 18.2 Å². The number of carbonyl (C=O) groups excluding carboxylic acids is 1. The Morgan fingerprint density at radius 2 is 1.86 bits per heavy atom. The SMILES string of the molecule is N#C/C(=C\c1ccc(O)cc1)C(=O)Nc1ccccc1Cl. The predicted octanol–water partition coefficient (Wildman–Crippen LogP) is 3.59. The molecule has 0 aliphatic carbocycles. The van der Waals surface area contributed by atoms with E-state index in [1.54, 1.807) is 36.4 Å². The lowest BCUT2D eigenvalue weighted by atomic mass is 10.1. The molecule has 0 aromatic heterocycles. The molecule has 0 heterocycles. The lowest BCUT2D eigenvalue weighted by molar-refractivity contribution is -0.112. The first-order valence-corrected chi connectivity index (χ1v) is 6.44. The maximum Gasteiger partial charge on any atom is 0.266 e. The number of nitriles is 1. The average Bonchev–Trinajstić information content (AvgIpc) is 2.49. The minimum atomic E-state index is -0.543. The number of benzene rings is 2. The number of para-hydroxylation sites is 1. The van der Waals surface area contributed by atoms with Crippen molar-refractivity contribution in [3.05, 3.63) is 64.7 Å². The molecule has 0 bridgehead atoms. The molecule has 0 spiro atoms. The summed E-state index contributed by atoms with van der Waals surface area (Å²) in [6.07, 6.45) is 1.44. The summed E-state index contributed by atoms with van der Waals surface area (Å²) in [5.74, 6) is -0.426. The van der Waals surface area contributed by atoms with Crippen molar-refractivity contribution in [2.45, 2.75) is 0 Å². The van der Waals surface area contributed by atoms with Crippen LogP contribution in [0.15, 0.2) is 54.1 Å². The van der Waals surface area contributed by atoms with Crippen molar-refractivity contribution < 1.29 is 9.90 Å². The predicted molar refractivity (Wildman–Crippen MR) is 81.8 cm³/mol. The first kappa shape index (κ1) is 14.6. The minimum absolute atomic E-state index is 0.0550. The van der Waals surface area contributed by atoms with Gasteiger partial charge in [-0.1, -0.05) is 35.9 Å². The highest BCUT2D eigenvalue weighted by Crippen LogP contribution is 2.21. The van der Waals surface area contributed by atoms with Crippen molar-refractivity contribution in [1.82, 2.24) is 0 Å². The molecule has 0 saturated carbocycles. The van der Waals surface area contributed by atoms with Crippen LogP contribution in [0.2, 0.25) is 5.02 Å². The van der Waals surface area contributed by atoms with Crippen molar-refractivity contribution in [3.8, 4) is 11.8 Å². The zero-order valence-electron chi connectivity index (χ0n) is 10.9. The summed E-state index contributed by atoms with van der Waals surface area (Å²) in [5, 5.41) is 21.3. The third-order valence-corrected chi connectivity index (χ3v) is 3.02. The third kappa shape index (κ3) is 3.85. The monoisotopic (exact) mass is 298 g/mol. The number of hydrogen-bond acceptors (Lipinski definition) is 3. The maximum absolute atomic E-state index is 12.1. The Balaban J connectivity index is 2.21. The average molecular weight is 299 g/mol. The van der Waals surface area contributed by atoms with Crippen LogP contribution in [0.4, 0.5) is 5.69 Å². The van der Waals surface area contributed by atoms with Crippen LogP contribution in [-0.2, 0) is 4.79 Å². The summed E-state index contributed by atoms with van der Waals surface area (Å²) in [4.78, 5) is 12.1. The number of nitrogens with zero attached hydrogens (tertiary/aromatic N) is 1. The number of phenols is 1. The van der Waals surface area contributed by atoms with E-state index in [0.29, 0.717) is 16.3 Å². The van der Waals surface area contributed by atoms with Gasteiger partial charge in [0.25, 0.3) is 5.91 Å². The molecule has 2 aromatic rings. The fourth-order valence-corrected chi connectivity index (χ4v) is 1.82. The van der Waals surface area contributed by atoms with Crippen molar-refractivity contribution >= 4 is 29.3 Å². The zero-order valence-corrected chi connectivity index (χ0v) is 11.6. The highest BCUT2D eigenvalue weighted by atomic mass is 35.5. The fraction of sp³-hybridized carbons (Fsp3) is 0. The van der Waals surface area contributed by atoms with Crippen LogP contribution in [0.25, 0.3) is 6.08 Å². The Bertz CT molecular complexity index is 731. The summed E-state index contributed by atoms with van der Waals surface area (Å²) < 4.78 is 0. The number of hydrogen-bond donors (Lipinski definition) is 2. The first-order valence-electron chi connectivity index (χ1n) is 6.07. The van der Waals surface area contributed by atoms with Crippen LogP contribution in [0.5, 0.6) is 5.75 Å². The quantitative estimate of drug-likeness (QED) is 0.672. The molecule has 0 saturated heterocycles. The number of aromatic hydroxyl groups is 1. The van der Waals surface area contributed by atoms with E-state index in [9.17, 15) is 9.90 Å². The molecule has 2 aromatic carbocycles. The van der Waals surface area contributed by atoms with Gasteiger partial charge in [0.15, 0.2) is 0 Å². The van der Waals surface area contributed by atoms with Crippen LogP contribution in [0.1, 0.15) is 5.56 Å². The van der Waals surface area contributed by atoms with Gasteiger partial charge in [0.1, 0.15) is 17.4 Å². The molecule has 5 heteroatoms. The van der Waals surface area contributed by atoms with Gasteiger partial charge in [-0.05, 0) is 35.9 Å². The van der Waals surface area contributed by atoms with E-state index in [-0.39, 0.29) is 11.3 Å². The van der Waals surface area contributed by atoms with E-state index in [0.717, 1.165) is 0 Å². The molecule has 2 rings (SSSR count). The molecular weight excluding hydrogens is 288 g/mol. The fourth-order valence-electron chi connectivity index (χ4n) is 1.64. The van der Waals surface area contributed by atoms with Gasteiger partial charge in [0, 0.05) is 0 Å². The van der Waals surface area contributed by atoms with Gasteiger partial charge in [-0.15, -0.1) is 0 Å². The summed E-state index contributed by atoms with van der Waals surface area (Å²) in [7, 11) is 0. The smallest absolute Gasteiger partial charge is 0.266 e. The van der Waals surface area contributed by atoms with Gasteiger partial charge < -0.3 is 10.4 Å². The summed E-state index contributed by atoms with van der Waals surface area (Å²) >= 11 is 5.95. The number of amides is 1. The van der Waals surface area contributed by atoms with Crippen LogP contribution in [0.3, 0.4) is 0 Å². The second-order valence-electron chi connectivity index (χ2n) is 4.20. The molecule has 2 N–H and O–H groups in total. The highest BCUT2D eigenvalue weighted by molar-refractivity contribution is 6.34. The van der Waals surface area contributed by atoms with E-state index < -0.39 is 5.91 Å². The van der Waals surface area contributed by atoms with Gasteiger partial charge in [0.2, 0.25) is 0 Å². The van der Waals surface area contributed by atoms with Crippen LogP contribution < -0.4 is 5.32 Å². The van der Waals surface area contributed by atoms with Crippen LogP contribution in [0, 0.1) is 11.3 Å². The Morgan fingerprint density at radius 1 is 1.19 bits per heavy atom. The molecule has 0 radical (unpaired) electrons.